The van der Waals surface area contributed by atoms with Crippen LogP contribution in [0, 0.1) is 0 Å². The lowest BCUT2D eigenvalue weighted by atomic mass is 10.1. The Kier molecular flexibility index (Phi) is 4.49. The van der Waals surface area contributed by atoms with Gasteiger partial charge in [0.05, 0.1) is 18.8 Å². The van der Waals surface area contributed by atoms with E-state index < -0.39 is 5.60 Å². The maximum Gasteiger partial charge on any atom is 0.410 e. The molecule has 2 amide bonds. The minimum Gasteiger partial charge on any atom is -0.444 e. The molecular formula is C17H26N4O4. The monoisotopic (exact) mass is 350 g/mol. The number of hydrogen-bond acceptors (Lipinski definition) is 5. The number of ether oxygens (including phenoxy) is 1. The molecule has 0 N–H and O–H groups in total. The first-order valence-electron chi connectivity index (χ1n) is 8.71. The molecule has 1 atom stereocenters. The van der Waals surface area contributed by atoms with Crippen LogP contribution in [-0.4, -0.2) is 57.0 Å². The van der Waals surface area contributed by atoms with E-state index in [1.165, 1.54) is 5.06 Å². The molecule has 138 valence electrons. The third-order valence-electron chi connectivity index (χ3n) is 4.38. The highest BCUT2D eigenvalue weighted by Gasteiger charge is 2.35. The van der Waals surface area contributed by atoms with E-state index in [0.717, 1.165) is 17.7 Å². The Bertz CT molecular complexity index is 692. The number of aromatic nitrogens is 2. The third-order valence-corrected chi connectivity index (χ3v) is 4.38. The van der Waals surface area contributed by atoms with Crippen molar-refractivity contribution in [1.29, 1.82) is 0 Å². The Balaban J connectivity index is 1.89. The molecule has 25 heavy (non-hydrogen) atoms. The number of hydroxylamine groups is 2. The minimum absolute atomic E-state index is 0.0986. The molecule has 0 aliphatic carbocycles. The summed E-state index contributed by atoms with van der Waals surface area (Å²) >= 11 is 0. The van der Waals surface area contributed by atoms with Gasteiger partial charge < -0.3 is 9.64 Å². The van der Waals surface area contributed by atoms with E-state index in [9.17, 15) is 9.59 Å². The van der Waals surface area contributed by atoms with Crippen LogP contribution in [0.1, 0.15) is 55.9 Å². The number of amides is 2. The summed E-state index contributed by atoms with van der Waals surface area (Å²) in [4.78, 5) is 32.4. The summed E-state index contributed by atoms with van der Waals surface area (Å²) in [6, 6.07) is 0. The zero-order valence-electron chi connectivity index (χ0n) is 15.5. The van der Waals surface area contributed by atoms with Crippen molar-refractivity contribution in [2.75, 3.05) is 13.6 Å². The minimum atomic E-state index is -0.550. The SMILES string of the molecule is CCC1Cn2nc3c(c2C(=O)N(C)O1)CN(C(=O)OC(C)(C)C)CC3. The largest absolute Gasteiger partial charge is 0.444 e. The van der Waals surface area contributed by atoms with Crippen LogP contribution in [0.4, 0.5) is 4.79 Å². The molecule has 0 bridgehead atoms. The molecule has 2 aliphatic rings. The summed E-state index contributed by atoms with van der Waals surface area (Å²) in [6.45, 7) is 8.93. The zero-order chi connectivity index (χ0) is 18.4. The Morgan fingerprint density at radius 1 is 1.40 bits per heavy atom. The van der Waals surface area contributed by atoms with Gasteiger partial charge in [-0.3, -0.25) is 14.3 Å². The number of rotatable bonds is 1. The van der Waals surface area contributed by atoms with Gasteiger partial charge in [0.2, 0.25) is 0 Å². The van der Waals surface area contributed by atoms with Crippen molar-refractivity contribution >= 4 is 12.0 Å². The highest BCUT2D eigenvalue weighted by atomic mass is 16.7. The molecule has 3 rings (SSSR count). The van der Waals surface area contributed by atoms with E-state index in [2.05, 4.69) is 5.10 Å². The average Bonchev–Trinajstić information content (AvgIpc) is 2.82. The van der Waals surface area contributed by atoms with Crippen molar-refractivity contribution in [3.63, 3.8) is 0 Å². The van der Waals surface area contributed by atoms with E-state index >= 15 is 0 Å². The smallest absolute Gasteiger partial charge is 0.410 e. The second kappa shape index (κ2) is 6.33. The maximum absolute atomic E-state index is 12.7. The topological polar surface area (TPSA) is 76.9 Å². The maximum atomic E-state index is 12.7. The van der Waals surface area contributed by atoms with Crippen LogP contribution in [0.25, 0.3) is 0 Å². The van der Waals surface area contributed by atoms with Crippen LogP contribution in [0.3, 0.4) is 0 Å². The van der Waals surface area contributed by atoms with Crippen molar-refractivity contribution in [2.24, 2.45) is 0 Å². The lowest BCUT2D eigenvalue weighted by Gasteiger charge is -2.30. The molecule has 3 heterocycles. The van der Waals surface area contributed by atoms with Crippen LogP contribution >= 0.6 is 0 Å². The normalized spacial score (nSPS) is 20.8. The van der Waals surface area contributed by atoms with E-state index in [-0.39, 0.29) is 18.1 Å². The van der Waals surface area contributed by atoms with Gasteiger partial charge in [-0.25, -0.2) is 9.86 Å². The first-order valence-corrected chi connectivity index (χ1v) is 8.71. The standard InChI is InChI=1S/C17H26N4O4/c1-6-11-9-21-14(15(22)19(5)25-11)12-10-20(8-7-13(12)18-21)16(23)24-17(2,3)4/h11H,6-10H2,1-5H3. The first kappa shape index (κ1) is 17.7. The Morgan fingerprint density at radius 3 is 2.76 bits per heavy atom. The number of carbonyl (C=O) groups excluding carboxylic acids is 2. The van der Waals surface area contributed by atoms with Gasteiger partial charge >= 0.3 is 6.09 Å². The second-order valence-electron chi connectivity index (χ2n) is 7.55. The Morgan fingerprint density at radius 2 is 2.12 bits per heavy atom. The van der Waals surface area contributed by atoms with Crippen molar-refractivity contribution in [3.05, 3.63) is 17.0 Å². The van der Waals surface area contributed by atoms with Gasteiger partial charge in [0.1, 0.15) is 17.4 Å². The molecule has 1 unspecified atom stereocenters. The van der Waals surface area contributed by atoms with Gasteiger partial charge in [-0.15, -0.1) is 0 Å². The van der Waals surface area contributed by atoms with Crippen LogP contribution < -0.4 is 0 Å². The molecular weight excluding hydrogens is 324 g/mol. The molecule has 0 spiro atoms. The summed E-state index contributed by atoms with van der Waals surface area (Å²) in [5, 5.41) is 5.89. The molecule has 0 saturated heterocycles. The fraction of sp³-hybridized carbons (Fsp3) is 0.706. The molecule has 8 nitrogen and oxygen atoms in total. The lowest BCUT2D eigenvalue weighted by Crippen LogP contribution is -2.40. The zero-order valence-corrected chi connectivity index (χ0v) is 15.5. The van der Waals surface area contributed by atoms with Gasteiger partial charge in [-0.2, -0.15) is 5.10 Å². The van der Waals surface area contributed by atoms with E-state index in [1.807, 2.05) is 27.7 Å². The van der Waals surface area contributed by atoms with Crippen LogP contribution in [0.2, 0.25) is 0 Å². The van der Waals surface area contributed by atoms with Gasteiger partial charge in [-0.1, -0.05) is 6.92 Å². The molecule has 1 aromatic rings. The molecule has 0 aromatic carbocycles. The number of carbonyl (C=O) groups is 2. The third kappa shape index (κ3) is 3.49. The van der Waals surface area contributed by atoms with Crippen molar-refractivity contribution in [1.82, 2.24) is 19.7 Å². The van der Waals surface area contributed by atoms with Gasteiger partial charge in [0, 0.05) is 25.6 Å². The van der Waals surface area contributed by atoms with Crippen molar-refractivity contribution in [3.8, 4) is 0 Å². The first-order chi connectivity index (χ1) is 11.7. The fourth-order valence-electron chi connectivity index (χ4n) is 3.13. The van der Waals surface area contributed by atoms with Crippen LogP contribution in [-0.2, 0) is 29.1 Å². The highest BCUT2D eigenvalue weighted by Crippen LogP contribution is 2.27. The fourth-order valence-corrected chi connectivity index (χ4v) is 3.13. The van der Waals surface area contributed by atoms with Crippen LogP contribution in [0.5, 0.6) is 0 Å². The quantitative estimate of drug-likeness (QED) is 0.774. The van der Waals surface area contributed by atoms with Gasteiger partial charge in [0.25, 0.3) is 5.91 Å². The van der Waals surface area contributed by atoms with E-state index in [0.29, 0.717) is 31.7 Å². The molecule has 0 saturated carbocycles. The van der Waals surface area contributed by atoms with Crippen LogP contribution in [0.15, 0.2) is 0 Å². The number of fused-ring (bicyclic) bond motifs is 3. The average molecular weight is 350 g/mol. The summed E-state index contributed by atoms with van der Waals surface area (Å²) in [5.74, 6) is -0.226. The molecule has 8 heteroatoms. The summed E-state index contributed by atoms with van der Waals surface area (Å²) in [7, 11) is 1.62. The van der Waals surface area contributed by atoms with E-state index in [1.54, 1.807) is 16.6 Å². The molecule has 1 aromatic heterocycles. The second-order valence-corrected chi connectivity index (χ2v) is 7.55. The predicted molar refractivity (Wildman–Crippen MR) is 89.8 cm³/mol. The van der Waals surface area contributed by atoms with Gasteiger partial charge in [0.15, 0.2) is 0 Å². The molecule has 2 aliphatic heterocycles. The molecule has 0 fully saturated rings. The van der Waals surface area contributed by atoms with Crippen molar-refractivity contribution in [2.45, 2.75) is 65.3 Å². The van der Waals surface area contributed by atoms with Crippen molar-refractivity contribution < 1.29 is 19.2 Å². The molecule has 0 radical (unpaired) electrons. The Labute approximate surface area is 147 Å². The van der Waals surface area contributed by atoms with E-state index in [4.69, 9.17) is 9.57 Å². The van der Waals surface area contributed by atoms with Gasteiger partial charge in [-0.05, 0) is 27.2 Å². The highest BCUT2D eigenvalue weighted by molar-refractivity contribution is 5.94. The predicted octanol–water partition coefficient (Wildman–Crippen LogP) is 1.97. The lowest BCUT2D eigenvalue weighted by molar-refractivity contribution is -0.148. The Hall–Kier alpha value is -2.09. The summed E-state index contributed by atoms with van der Waals surface area (Å²) in [5.41, 5.74) is 1.65. The number of nitrogens with zero attached hydrogens (tertiary/aromatic N) is 4. The summed E-state index contributed by atoms with van der Waals surface area (Å²) < 4.78 is 7.20. The summed E-state index contributed by atoms with van der Waals surface area (Å²) in [6.07, 6.45) is 0.934. The number of hydrogen-bond donors (Lipinski definition) is 0.